The fourth-order valence-electron chi connectivity index (χ4n) is 4.44. The van der Waals surface area contributed by atoms with Gasteiger partial charge in [-0.15, -0.1) is 0 Å². The Morgan fingerprint density at radius 3 is 2.57 bits per heavy atom. The highest BCUT2D eigenvalue weighted by atomic mass is 79.9. The molecule has 6 nitrogen and oxygen atoms in total. The van der Waals surface area contributed by atoms with Crippen LogP contribution in [0, 0.1) is 11.3 Å². The van der Waals surface area contributed by atoms with Crippen LogP contribution in [0.5, 0.6) is 5.75 Å². The summed E-state index contributed by atoms with van der Waals surface area (Å²) < 4.78 is 12.2. The number of carbonyl (C=O) groups excluding carboxylic acids is 1. The SMILES string of the molecule is C=C(N=C(OC)c1ccc(OC(C)C)c(C#N)c1)c1cccc2c1CC[C@@H]2NC(=O)c1ccc(Br)cc1. The number of hydrogen-bond acceptors (Lipinski definition) is 5. The number of aliphatic imine (C=N–C) groups is 1. The number of halogens is 1. The maximum absolute atomic E-state index is 12.8. The third kappa shape index (κ3) is 5.92. The first-order valence-corrected chi connectivity index (χ1v) is 12.8. The molecule has 4 rings (SSSR count). The molecule has 0 radical (unpaired) electrons. The minimum absolute atomic E-state index is 0.0445. The molecule has 0 fully saturated rings. The van der Waals surface area contributed by atoms with E-state index >= 15 is 0 Å². The van der Waals surface area contributed by atoms with Crippen LogP contribution in [0.2, 0.25) is 0 Å². The Balaban J connectivity index is 1.58. The highest BCUT2D eigenvalue weighted by Gasteiger charge is 2.27. The summed E-state index contributed by atoms with van der Waals surface area (Å²) in [6.07, 6.45) is 1.55. The van der Waals surface area contributed by atoms with Gasteiger partial charge in [0.2, 0.25) is 5.90 Å². The molecule has 7 heteroatoms. The Kier molecular flexibility index (Phi) is 8.10. The molecule has 1 aliphatic rings. The van der Waals surface area contributed by atoms with Crippen molar-refractivity contribution in [2.45, 2.75) is 38.8 Å². The van der Waals surface area contributed by atoms with Crippen LogP contribution < -0.4 is 10.1 Å². The van der Waals surface area contributed by atoms with Gasteiger partial charge in [0.15, 0.2) is 0 Å². The van der Waals surface area contributed by atoms with E-state index in [1.165, 1.54) is 0 Å². The number of methoxy groups -OCH3 is 1. The zero-order chi connectivity index (χ0) is 26.5. The van der Waals surface area contributed by atoms with E-state index in [2.05, 4.69) is 38.9 Å². The van der Waals surface area contributed by atoms with E-state index in [0.29, 0.717) is 34.0 Å². The molecule has 188 valence electrons. The highest BCUT2D eigenvalue weighted by Crippen LogP contribution is 2.36. The third-order valence-corrected chi connectivity index (χ3v) is 6.66. The first-order chi connectivity index (χ1) is 17.8. The quantitative estimate of drug-likeness (QED) is 0.262. The number of nitrogens with one attached hydrogen (secondary N) is 1. The lowest BCUT2D eigenvalue weighted by molar-refractivity contribution is 0.0936. The first-order valence-electron chi connectivity index (χ1n) is 12.0. The smallest absolute Gasteiger partial charge is 0.251 e. The Morgan fingerprint density at radius 1 is 1.16 bits per heavy atom. The Labute approximate surface area is 225 Å². The van der Waals surface area contributed by atoms with Crippen molar-refractivity contribution in [3.8, 4) is 11.8 Å². The fraction of sp³-hybridized carbons (Fsp3) is 0.233. The summed E-state index contributed by atoms with van der Waals surface area (Å²) in [5.41, 5.74) is 5.33. The van der Waals surface area contributed by atoms with Crippen molar-refractivity contribution in [3.05, 3.63) is 105 Å². The zero-order valence-corrected chi connectivity index (χ0v) is 22.6. The van der Waals surface area contributed by atoms with Crippen LogP contribution in [-0.2, 0) is 11.2 Å². The maximum atomic E-state index is 12.8. The molecule has 3 aromatic rings. The van der Waals surface area contributed by atoms with Crippen LogP contribution >= 0.6 is 15.9 Å². The molecule has 0 aromatic heterocycles. The van der Waals surface area contributed by atoms with E-state index in [1.54, 1.807) is 31.4 Å². The lowest BCUT2D eigenvalue weighted by Gasteiger charge is -2.16. The summed E-state index contributed by atoms with van der Waals surface area (Å²) in [5, 5.41) is 12.7. The second kappa shape index (κ2) is 11.4. The third-order valence-electron chi connectivity index (χ3n) is 6.13. The largest absolute Gasteiger partial charge is 0.490 e. The standard InChI is InChI=1S/C30H28BrN3O3/c1-18(2)37-28-15-10-21(16-22(28)17-32)30(36-4)33-19(3)24-6-5-7-26-25(24)13-14-27(26)34-29(35)20-8-11-23(31)12-9-20/h5-12,15-16,18,27H,3,13-14H2,1-2,4H3,(H,34,35)/t27-/m0/s1. The van der Waals surface area contributed by atoms with Gasteiger partial charge in [-0.05, 0) is 80.3 Å². The second-order valence-corrected chi connectivity index (χ2v) is 9.92. The highest BCUT2D eigenvalue weighted by molar-refractivity contribution is 9.10. The average molecular weight is 558 g/mol. The van der Waals surface area contributed by atoms with Gasteiger partial charge in [-0.2, -0.15) is 5.26 Å². The number of nitrogens with zero attached hydrogens (tertiary/aromatic N) is 2. The number of carbonyl (C=O) groups is 1. The van der Waals surface area contributed by atoms with E-state index < -0.39 is 0 Å². The molecule has 0 saturated carbocycles. The van der Waals surface area contributed by atoms with Gasteiger partial charge < -0.3 is 14.8 Å². The van der Waals surface area contributed by atoms with Crippen LogP contribution in [0.3, 0.4) is 0 Å². The summed E-state index contributed by atoms with van der Waals surface area (Å²) in [4.78, 5) is 17.5. The Bertz CT molecular complexity index is 1400. The van der Waals surface area contributed by atoms with Crippen molar-refractivity contribution in [1.82, 2.24) is 5.32 Å². The minimum atomic E-state index is -0.104. The van der Waals surface area contributed by atoms with Gasteiger partial charge >= 0.3 is 0 Å². The molecule has 1 amide bonds. The van der Waals surface area contributed by atoms with Crippen LogP contribution in [-0.4, -0.2) is 25.0 Å². The molecule has 1 N–H and O–H groups in total. The van der Waals surface area contributed by atoms with Crippen LogP contribution in [0.15, 0.2) is 76.7 Å². The van der Waals surface area contributed by atoms with E-state index in [0.717, 1.165) is 34.0 Å². The van der Waals surface area contributed by atoms with Gasteiger partial charge in [0, 0.05) is 21.2 Å². The van der Waals surface area contributed by atoms with Gasteiger partial charge in [-0.1, -0.05) is 40.7 Å². The van der Waals surface area contributed by atoms with Crippen molar-refractivity contribution in [2.24, 2.45) is 4.99 Å². The molecular weight excluding hydrogens is 530 g/mol. The molecule has 0 heterocycles. The van der Waals surface area contributed by atoms with Gasteiger partial charge in [0.05, 0.1) is 30.5 Å². The Hall–Kier alpha value is -3.89. The zero-order valence-electron chi connectivity index (χ0n) is 21.0. The minimum Gasteiger partial charge on any atom is -0.490 e. The molecule has 0 unspecified atom stereocenters. The number of fused-ring (bicyclic) bond motifs is 1. The molecule has 37 heavy (non-hydrogen) atoms. The van der Waals surface area contributed by atoms with E-state index in [1.807, 2.05) is 50.2 Å². The van der Waals surface area contributed by atoms with E-state index in [4.69, 9.17) is 9.47 Å². The summed E-state index contributed by atoms with van der Waals surface area (Å²) in [6.45, 7) is 8.03. The normalized spacial score (nSPS) is 14.6. The first kappa shape index (κ1) is 26.2. The summed E-state index contributed by atoms with van der Waals surface area (Å²) in [5.74, 6) is 0.772. The Morgan fingerprint density at radius 2 is 1.89 bits per heavy atom. The summed E-state index contributed by atoms with van der Waals surface area (Å²) in [6, 6.07) is 20.7. The van der Waals surface area contributed by atoms with Crippen molar-refractivity contribution in [2.75, 3.05) is 7.11 Å². The number of hydrogen-bond donors (Lipinski definition) is 1. The lowest BCUT2D eigenvalue weighted by Crippen LogP contribution is -2.27. The van der Waals surface area contributed by atoms with Crippen molar-refractivity contribution < 1.29 is 14.3 Å². The number of nitriles is 1. The molecule has 1 atom stereocenters. The number of benzene rings is 3. The molecule has 0 saturated heterocycles. The van der Waals surface area contributed by atoms with E-state index in [-0.39, 0.29) is 18.1 Å². The molecule has 3 aromatic carbocycles. The van der Waals surface area contributed by atoms with Crippen molar-refractivity contribution in [1.29, 1.82) is 5.26 Å². The maximum Gasteiger partial charge on any atom is 0.251 e. The predicted molar refractivity (Wildman–Crippen MR) is 149 cm³/mol. The average Bonchev–Trinajstić information content (AvgIpc) is 3.30. The number of ether oxygens (including phenoxy) is 2. The topological polar surface area (TPSA) is 83.7 Å². The molecule has 0 bridgehead atoms. The molecular formula is C30H28BrN3O3. The molecule has 0 aliphatic heterocycles. The van der Waals surface area contributed by atoms with Gasteiger partial charge in [-0.25, -0.2) is 4.99 Å². The summed E-state index contributed by atoms with van der Waals surface area (Å²) in [7, 11) is 1.54. The summed E-state index contributed by atoms with van der Waals surface area (Å²) >= 11 is 3.40. The van der Waals surface area contributed by atoms with E-state index in [9.17, 15) is 10.1 Å². The number of rotatable bonds is 7. The monoisotopic (exact) mass is 557 g/mol. The van der Waals surface area contributed by atoms with Gasteiger partial charge in [0.25, 0.3) is 5.91 Å². The van der Waals surface area contributed by atoms with Crippen molar-refractivity contribution in [3.63, 3.8) is 0 Å². The van der Waals surface area contributed by atoms with Crippen molar-refractivity contribution >= 4 is 33.4 Å². The van der Waals surface area contributed by atoms with Crippen LogP contribution in [0.4, 0.5) is 0 Å². The predicted octanol–water partition coefficient (Wildman–Crippen LogP) is 6.59. The van der Waals surface area contributed by atoms with Gasteiger partial charge in [-0.3, -0.25) is 4.79 Å². The van der Waals surface area contributed by atoms with Gasteiger partial charge in [0.1, 0.15) is 11.8 Å². The van der Waals surface area contributed by atoms with Crippen LogP contribution in [0.25, 0.3) is 5.70 Å². The lowest BCUT2D eigenvalue weighted by atomic mass is 10.00. The number of amides is 1. The molecule has 0 spiro atoms. The van der Waals surface area contributed by atoms with Crippen LogP contribution in [0.1, 0.15) is 64.5 Å². The second-order valence-electron chi connectivity index (χ2n) is 9.00. The fourth-order valence-corrected chi connectivity index (χ4v) is 4.70. The molecule has 1 aliphatic carbocycles.